The molecule has 0 unspecified atom stereocenters. The highest BCUT2D eigenvalue weighted by molar-refractivity contribution is 6.26. The van der Waals surface area contributed by atoms with E-state index in [1.807, 2.05) is 6.07 Å². The summed E-state index contributed by atoms with van der Waals surface area (Å²) in [5.41, 5.74) is 13.2. The first kappa shape index (κ1) is 41.4. The minimum absolute atomic E-state index is 0.577. The number of furan rings is 1. The molecular weight excluding hydrogens is 915 g/mol. The van der Waals surface area contributed by atoms with E-state index in [2.05, 4.69) is 252 Å². The predicted octanol–water partition coefficient (Wildman–Crippen LogP) is 18.1. The summed E-state index contributed by atoms with van der Waals surface area (Å²) in [6, 6.07) is 88.5. The second-order valence-corrected chi connectivity index (χ2v) is 19.5. The Morgan fingerprint density at radius 1 is 0.280 bits per heavy atom. The first-order valence-corrected chi connectivity index (χ1v) is 25.4. The monoisotopic (exact) mass is 955 g/mol. The molecule has 0 aliphatic heterocycles. The van der Waals surface area contributed by atoms with Crippen LogP contribution in [0, 0.1) is 0 Å². The molecule has 0 fully saturated rings. The second-order valence-electron chi connectivity index (χ2n) is 19.5. The van der Waals surface area contributed by atoms with Crippen molar-refractivity contribution in [1.82, 2.24) is 24.1 Å². The van der Waals surface area contributed by atoms with Crippen LogP contribution >= 0.6 is 0 Å². The van der Waals surface area contributed by atoms with Gasteiger partial charge in [0.05, 0.1) is 27.8 Å². The maximum Gasteiger partial charge on any atom is 0.164 e. The molecule has 75 heavy (non-hydrogen) atoms. The van der Waals surface area contributed by atoms with Crippen molar-refractivity contribution < 1.29 is 4.42 Å². The van der Waals surface area contributed by atoms with Crippen molar-refractivity contribution >= 4 is 97.9 Å². The molecule has 0 aliphatic rings. The van der Waals surface area contributed by atoms with Gasteiger partial charge >= 0.3 is 0 Å². The number of fused-ring (bicyclic) bond motifs is 14. The SMILES string of the molecule is c1ccc(-c2ccc(-c3nc(-c4ccc5oc6cc(-n7c8cc9ccccc9cc8c8c9ccccc9ccc87)c7ccccc7c6c5c4)nc(-c4cccc5c4c4ccccc4n5-c4ccccc4)n3)cc2)cc1. The van der Waals surface area contributed by atoms with Gasteiger partial charge in [-0.1, -0.05) is 182 Å². The van der Waals surface area contributed by atoms with E-state index in [0.29, 0.717) is 17.5 Å². The zero-order valence-corrected chi connectivity index (χ0v) is 40.3. The third-order valence-corrected chi connectivity index (χ3v) is 15.3. The molecule has 12 aromatic carbocycles. The Morgan fingerprint density at radius 2 is 0.880 bits per heavy atom. The minimum atomic E-state index is 0.577. The molecule has 0 spiro atoms. The Balaban J connectivity index is 0.917. The summed E-state index contributed by atoms with van der Waals surface area (Å²) < 4.78 is 11.7. The van der Waals surface area contributed by atoms with Gasteiger partial charge in [-0.15, -0.1) is 0 Å². The van der Waals surface area contributed by atoms with Gasteiger partial charge in [-0.05, 0) is 98.7 Å². The molecule has 0 saturated heterocycles. The van der Waals surface area contributed by atoms with Crippen molar-refractivity contribution in [2.24, 2.45) is 0 Å². The van der Waals surface area contributed by atoms with Gasteiger partial charge in [0.1, 0.15) is 11.2 Å². The molecular formula is C69H41N5O. The van der Waals surface area contributed by atoms with E-state index in [1.54, 1.807) is 0 Å². The summed E-state index contributed by atoms with van der Waals surface area (Å²) in [5, 5.41) is 13.8. The molecule has 6 nitrogen and oxygen atoms in total. The van der Waals surface area contributed by atoms with E-state index >= 15 is 0 Å². The Bertz CT molecular complexity index is 4990. The van der Waals surface area contributed by atoms with E-state index in [9.17, 15) is 0 Å². The zero-order valence-electron chi connectivity index (χ0n) is 40.3. The Hall–Kier alpha value is -10.2. The van der Waals surface area contributed by atoms with Gasteiger partial charge in [0.15, 0.2) is 17.5 Å². The summed E-state index contributed by atoms with van der Waals surface area (Å²) in [7, 11) is 0. The van der Waals surface area contributed by atoms with Gasteiger partial charge in [0.2, 0.25) is 0 Å². The first-order valence-electron chi connectivity index (χ1n) is 25.4. The van der Waals surface area contributed by atoms with Crippen LogP contribution in [0.2, 0.25) is 0 Å². The zero-order chi connectivity index (χ0) is 49.1. The molecule has 0 radical (unpaired) electrons. The van der Waals surface area contributed by atoms with Crippen LogP contribution in [0.25, 0.3) is 155 Å². The summed E-state index contributed by atoms with van der Waals surface area (Å²) in [6.07, 6.45) is 0. The molecule has 16 aromatic rings. The third kappa shape index (κ3) is 6.36. The standard InChI is InChI=1S/C69H41N5O/c1-3-16-42(17-4-1)43-30-32-45(33-31-43)67-70-68(72-69(71-67)54-27-15-29-58-65(54)53-26-13-14-28-57(53)73(58)49-21-5-2-6-22-49)48-35-37-62-56(39-48)66-52-25-12-11-24-51(52)61(41-63(66)75-62)74-59-36-34-44-18-9-10-23-50(44)64(59)55-38-46-19-7-8-20-47(46)40-60(55)74/h1-41H. The van der Waals surface area contributed by atoms with Gasteiger partial charge in [-0.25, -0.2) is 15.0 Å². The van der Waals surface area contributed by atoms with Gasteiger partial charge in [-0.3, -0.25) is 0 Å². The van der Waals surface area contributed by atoms with Crippen molar-refractivity contribution in [2.45, 2.75) is 0 Å². The van der Waals surface area contributed by atoms with E-state index in [1.165, 1.54) is 32.3 Å². The Kier molecular flexibility index (Phi) is 8.94. The molecule has 0 N–H and O–H groups in total. The number of hydrogen-bond donors (Lipinski definition) is 0. The van der Waals surface area contributed by atoms with Crippen LogP contribution in [0.1, 0.15) is 0 Å². The highest BCUT2D eigenvalue weighted by Crippen LogP contribution is 2.45. The van der Waals surface area contributed by atoms with Gasteiger partial charge in [0, 0.05) is 66.1 Å². The fraction of sp³-hybridized carbons (Fsp3) is 0. The smallest absolute Gasteiger partial charge is 0.164 e. The van der Waals surface area contributed by atoms with Crippen LogP contribution < -0.4 is 0 Å². The summed E-state index contributed by atoms with van der Waals surface area (Å²) in [4.78, 5) is 16.1. The van der Waals surface area contributed by atoms with Crippen LogP contribution in [0.15, 0.2) is 253 Å². The summed E-state index contributed by atoms with van der Waals surface area (Å²) in [6.45, 7) is 0. The van der Waals surface area contributed by atoms with Crippen molar-refractivity contribution in [3.05, 3.63) is 249 Å². The van der Waals surface area contributed by atoms with Crippen LogP contribution in [0.5, 0.6) is 0 Å². The molecule has 0 amide bonds. The fourth-order valence-electron chi connectivity index (χ4n) is 11.9. The van der Waals surface area contributed by atoms with Crippen LogP contribution in [-0.4, -0.2) is 24.1 Å². The minimum Gasteiger partial charge on any atom is -0.456 e. The van der Waals surface area contributed by atoms with E-state index in [-0.39, 0.29) is 0 Å². The van der Waals surface area contributed by atoms with Gasteiger partial charge < -0.3 is 13.6 Å². The van der Waals surface area contributed by atoms with Gasteiger partial charge in [-0.2, -0.15) is 0 Å². The number of benzene rings is 12. The highest BCUT2D eigenvalue weighted by atomic mass is 16.3. The molecule has 0 atom stereocenters. The normalized spacial score (nSPS) is 12.0. The largest absolute Gasteiger partial charge is 0.456 e. The summed E-state index contributed by atoms with van der Waals surface area (Å²) in [5.74, 6) is 1.77. The number of rotatable bonds is 6. The number of aromatic nitrogens is 5. The first-order chi connectivity index (χ1) is 37.2. The molecule has 348 valence electrons. The molecule has 6 heteroatoms. The van der Waals surface area contributed by atoms with Crippen LogP contribution in [-0.2, 0) is 0 Å². The van der Waals surface area contributed by atoms with Crippen LogP contribution in [0.3, 0.4) is 0 Å². The lowest BCUT2D eigenvalue weighted by atomic mass is 10.0. The quantitative estimate of drug-likeness (QED) is 0.167. The Morgan fingerprint density at radius 3 is 1.69 bits per heavy atom. The highest BCUT2D eigenvalue weighted by Gasteiger charge is 2.23. The van der Waals surface area contributed by atoms with E-state index < -0.39 is 0 Å². The predicted molar refractivity (Wildman–Crippen MR) is 310 cm³/mol. The lowest BCUT2D eigenvalue weighted by Gasteiger charge is -2.13. The Labute approximate surface area is 429 Å². The van der Waals surface area contributed by atoms with Crippen LogP contribution in [0.4, 0.5) is 0 Å². The molecule has 0 aliphatic carbocycles. The molecule has 4 aromatic heterocycles. The summed E-state index contributed by atoms with van der Waals surface area (Å²) >= 11 is 0. The van der Waals surface area contributed by atoms with Crippen molar-refractivity contribution in [3.63, 3.8) is 0 Å². The fourth-order valence-corrected chi connectivity index (χ4v) is 11.9. The average molecular weight is 956 g/mol. The molecule has 4 heterocycles. The van der Waals surface area contributed by atoms with E-state index in [0.717, 1.165) is 105 Å². The third-order valence-electron chi connectivity index (χ3n) is 15.3. The van der Waals surface area contributed by atoms with E-state index in [4.69, 9.17) is 19.4 Å². The van der Waals surface area contributed by atoms with Crippen molar-refractivity contribution in [3.8, 4) is 56.7 Å². The van der Waals surface area contributed by atoms with Crippen molar-refractivity contribution in [2.75, 3.05) is 0 Å². The topological polar surface area (TPSA) is 61.7 Å². The van der Waals surface area contributed by atoms with Crippen molar-refractivity contribution in [1.29, 1.82) is 0 Å². The van der Waals surface area contributed by atoms with Gasteiger partial charge in [0.25, 0.3) is 0 Å². The lowest BCUT2D eigenvalue weighted by molar-refractivity contribution is 0.669. The average Bonchev–Trinajstić information content (AvgIpc) is 4.21. The molecule has 0 bridgehead atoms. The molecule has 16 rings (SSSR count). The maximum absolute atomic E-state index is 6.95. The number of nitrogens with zero attached hydrogens (tertiary/aromatic N) is 5. The maximum atomic E-state index is 6.95. The molecule has 0 saturated carbocycles. The lowest BCUT2D eigenvalue weighted by Crippen LogP contribution is -2.00. The number of hydrogen-bond acceptors (Lipinski definition) is 4. The second kappa shape index (κ2) is 16.2. The number of para-hydroxylation sites is 2.